The predicted octanol–water partition coefficient (Wildman–Crippen LogP) is 4.00. The minimum absolute atomic E-state index is 0.529. The molecular weight excluding hydrogens is 172 g/mol. The van der Waals surface area contributed by atoms with Gasteiger partial charge in [-0.05, 0) is 41.5 Å². The average molecular weight is 193 g/mol. The molecule has 0 bridgehead atoms. The topological polar surface area (TPSA) is 0 Å². The highest BCUT2D eigenvalue weighted by Crippen LogP contribution is 2.03. The quantitative estimate of drug-likeness (QED) is 0.594. The highest BCUT2D eigenvalue weighted by atomic mass is 28.3. The third-order valence-electron chi connectivity index (χ3n) is 1.37. The van der Waals surface area contributed by atoms with Gasteiger partial charge < -0.3 is 0 Å². The maximum absolute atomic E-state index is 2.39. The maximum atomic E-state index is 2.39. The van der Waals surface area contributed by atoms with Gasteiger partial charge in [-0.15, -0.1) is 0 Å². The van der Waals surface area contributed by atoms with Gasteiger partial charge in [0.25, 0.3) is 0 Å². The van der Waals surface area contributed by atoms with Crippen molar-refractivity contribution in [1.82, 2.24) is 0 Å². The van der Waals surface area contributed by atoms with Crippen molar-refractivity contribution in [2.24, 2.45) is 0 Å². The van der Waals surface area contributed by atoms with Crippen molar-refractivity contribution in [3.63, 3.8) is 0 Å². The highest BCUT2D eigenvalue weighted by molar-refractivity contribution is 6.74. The molecule has 0 aliphatic heterocycles. The summed E-state index contributed by atoms with van der Waals surface area (Å²) in [6.07, 6.45) is 0. The molecule has 0 fully saturated rings. The standard InChI is InChI=1S/C12H21Si/c1-10(2)7-13(8-11(3)4)9-12(5)6/h7-9H,1-6H3. The summed E-state index contributed by atoms with van der Waals surface area (Å²) in [5.41, 5.74) is 11.4. The van der Waals surface area contributed by atoms with Crippen LogP contribution in [0.4, 0.5) is 0 Å². The average Bonchev–Trinajstić information content (AvgIpc) is 1.80. The molecule has 0 aliphatic carbocycles. The molecule has 0 aromatic rings. The van der Waals surface area contributed by atoms with E-state index in [-0.39, 0.29) is 0 Å². The van der Waals surface area contributed by atoms with E-state index in [0.29, 0.717) is 0 Å². The van der Waals surface area contributed by atoms with Gasteiger partial charge in [0.1, 0.15) is 8.80 Å². The molecule has 1 radical (unpaired) electrons. The van der Waals surface area contributed by atoms with E-state index in [4.69, 9.17) is 0 Å². The SMILES string of the molecule is CC(C)=C[Si](C=C(C)C)C=C(C)C. The van der Waals surface area contributed by atoms with Gasteiger partial charge in [-0.2, -0.15) is 0 Å². The van der Waals surface area contributed by atoms with Crippen LogP contribution >= 0.6 is 0 Å². The van der Waals surface area contributed by atoms with Crippen molar-refractivity contribution in [2.75, 3.05) is 0 Å². The molecule has 73 valence electrons. The smallest absolute Gasteiger partial charge is 0.0895 e. The largest absolute Gasteiger partial charge is 0.131 e. The molecule has 1 heteroatoms. The number of hydrogen-bond acceptors (Lipinski definition) is 0. The molecule has 0 aliphatic rings. The van der Waals surface area contributed by atoms with Crippen LogP contribution in [0.15, 0.2) is 33.8 Å². The molecule has 0 saturated heterocycles. The molecular formula is C12H21Si. The van der Waals surface area contributed by atoms with E-state index in [2.05, 4.69) is 58.6 Å². The van der Waals surface area contributed by atoms with E-state index < -0.39 is 8.80 Å². The summed E-state index contributed by atoms with van der Waals surface area (Å²) >= 11 is 0. The third kappa shape index (κ3) is 7.79. The van der Waals surface area contributed by atoms with Gasteiger partial charge in [0.15, 0.2) is 0 Å². The Morgan fingerprint density at radius 3 is 1.00 bits per heavy atom. The second-order valence-electron chi connectivity index (χ2n) is 4.17. The van der Waals surface area contributed by atoms with Crippen LogP contribution in [0.3, 0.4) is 0 Å². The van der Waals surface area contributed by atoms with Crippen LogP contribution in [0.2, 0.25) is 0 Å². The molecule has 0 amide bonds. The van der Waals surface area contributed by atoms with E-state index in [1.54, 1.807) is 0 Å². The maximum Gasteiger partial charge on any atom is 0.131 e. The summed E-state index contributed by atoms with van der Waals surface area (Å²) < 4.78 is 0. The minimum Gasteiger partial charge on any atom is -0.0895 e. The number of allylic oxidation sites excluding steroid dienone is 3. The summed E-state index contributed by atoms with van der Waals surface area (Å²) in [5, 5.41) is 0. The van der Waals surface area contributed by atoms with Crippen LogP contribution in [-0.4, -0.2) is 8.80 Å². The number of hydrogen-bond donors (Lipinski definition) is 0. The van der Waals surface area contributed by atoms with E-state index in [1.165, 1.54) is 16.7 Å². The van der Waals surface area contributed by atoms with Crippen LogP contribution < -0.4 is 0 Å². The lowest BCUT2D eigenvalue weighted by molar-refractivity contribution is 1.38. The fourth-order valence-electron chi connectivity index (χ4n) is 1.13. The molecule has 0 heterocycles. The highest BCUT2D eigenvalue weighted by Gasteiger charge is 1.99. The van der Waals surface area contributed by atoms with Gasteiger partial charge in [0.2, 0.25) is 0 Å². The zero-order chi connectivity index (χ0) is 10.4. The molecule has 0 atom stereocenters. The lowest BCUT2D eigenvalue weighted by Gasteiger charge is -2.02. The van der Waals surface area contributed by atoms with Crippen molar-refractivity contribution in [3.8, 4) is 0 Å². The molecule has 13 heavy (non-hydrogen) atoms. The van der Waals surface area contributed by atoms with Crippen molar-refractivity contribution in [1.29, 1.82) is 0 Å². The molecule has 0 N–H and O–H groups in total. The molecule has 0 saturated carbocycles. The Morgan fingerprint density at radius 2 is 0.846 bits per heavy atom. The summed E-state index contributed by atoms with van der Waals surface area (Å²) in [4.78, 5) is 0. The van der Waals surface area contributed by atoms with Gasteiger partial charge in [-0.1, -0.05) is 33.8 Å². The van der Waals surface area contributed by atoms with Crippen molar-refractivity contribution < 1.29 is 0 Å². The lowest BCUT2D eigenvalue weighted by Crippen LogP contribution is -2.04. The normalized spacial score (nSPS) is 9.46. The molecule has 0 nitrogen and oxygen atoms in total. The lowest BCUT2D eigenvalue weighted by atomic mass is 10.4. The Balaban J connectivity index is 4.68. The minimum atomic E-state index is -0.529. The van der Waals surface area contributed by atoms with Crippen molar-refractivity contribution >= 4 is 8.80 Å². The molecule has 0 rings (SSSR count). The molecule has 0 unspecified atom stereocenters. The summed E-state index contributed by atoms with van der Waals surface area (Å²) in [7, 11) is -0.529. The second-order valence-corrected chi connectivity index (χ2v) is 6.03. The Labute approximate surface area is 84.7 Å². The zero-order valence-corrected chi connectivity index (χ0v) is 10.7. The first-order valence-electron chi connectivity index (χ1n) is 4.73. The van der Waals surface area contributed by atoms with Crippen molar-refractivity contribution in [2.45, 2.75) is 41.5 Å². The molecule has 0 spiro atoms. The fraction of sp³-hybridized carbons (Fsp3) is 0.500. The van der Waals surface area contributed by atoms with Crippen LogP contribution in [0.1, 0.15) is 41.5 Å². The Hall–Kier alpha value is -0.563. The first-order valence-corrected chi connectivity index (χ1v) is 6.46. The van der Waals surface area contributed by atoms with Crippen LogP contribution in [-0.2, 0) is 0 Å². The first-order chi connectivity index (χ1) is 5.91. The van der Waals surface area contributed by atoms with Gasteiger partial charge in [0.05, 0.1) is 0 Å². The van der Waals surface area contributed by atoms with E-state index >= 15 is 0 Å². The molecule has 0 aromatic carbocycles. The number of rotatable bonds is 3. The monoisotopic (exact) mass is 193 g/mol. The van der Waals surface area contributed by atoms with Gasteiger partial charge in [0, 0.05) is 0 Å². The van der Waals surface area contributed by atoms with Crippen LogP contribution in [0.5, 0.6) is 0 Å². The predicted molar refractivity (Wildman–Crippen MR) is 64.0 cm³/mol. The zero-order valence-electron chi connectivity index (χ0n) is 9.73. The van der Waals surface area contributed by atoms with Crippen LogP contribution in [0.25, 0.3) is 0 Å². The Bertz CT molecular complexity index is 189. The second kappa shape index (κ2) is 5.98. The Kier molecular flexibility index (Phi) is 5.72. The first kappa shape index (κ1) is 12.4. The summed E-state index contributed by atoms with van der Waals surface area (Å²) in [6.45, 7) is 13.0. The van der Waals surface area contributed by atoms with Gasteiger partial charge in [-0.25, -0.2) is 0 Å². The van der Waals surface area contributed by atoms with Crippen LogP contribution in [0, 0.1) is 0 Å². The van der Waals surface area contributed by atoms with E-state index in [0.717, 1.165) is 0 Å². The van der Waals surface area contributed by atoms with Gasteiger partial charge in [-0.3, -0.25) is 0 Å². The van der Waals surface area contributed by atoms with Gasteiger partial charge >= 0.3 is 0 Å². The Morgan fingerprint density at radius 1 is 0.615 bits per heavy atom. The summed E-state index contributed by atoms with van der Waals surface area (Å²) in [6, 6.07) is 0. The fourth-order valence-corrected chi connectivity index (χ4v) is 3.38. The van der Waals surface area contributed by atoms with E-state index in [9.17, 15) is 0 Å². The molecule has 0 aromatic heterocycles. The summed E-state index contributed by atoms with van der Waals surface area (Å²) in [5.74, 6) is 0. The van der Waals surface area contributed by atoms with Crippen molar-refractivity contribution in [3.05, 3.63) is 33.8 Å². The van der Waals surface area contributed by atoms with E-state index in [1.807, 2.05) is 0 Å². The third-order valence-corrected chi connectivity index (χ3v) is 4.10.